The summed E-state index contributed by atoms with van der Waals surface area (Å²) >= 11 is 1.89. The molecule has 1 heterocycles. The van der Waals surface area contributed by atoms with Crippen molar-refractivity contribution >= 4 is 22.6 Å². The van der Waals surface area contributed by atoms with Crippen LogP contribution in [-0.4, -0.2) is 9.55 Å². The van der Waals surface area contributed by atoms with Gasteiger partial charge in [-0.3, -0.25) is 9.36 Å². The van der Waals surface area contributed by atoms with E-state index in [1.807, 2.05) is 22.6 Å². The molecule has 0 bridgehead atoms. The molecule has 3 nitrogen and oxygen atoms in total. The number of aryl methyl sites for hydroxylation is 1. The van der Waals surface area contributed by atoms with Gasteiger partial charge in [0.1, 0.15) is 11.6 Å². The van der Waals surface area contributed by atoms with Gasteiger partial charge in [-0.15, -0.1) is 0 Å². The standard InChI is InChI=1S/C12H9F2IN2O/c1-7-11(15)12(18)17(6-16-7)5-8-4-9(13)2-3-10(8)14/h2-4,6H,5H2,1H3. The molecule has 0 amide bonds. The Morgan fingerprint density at radius 1 is 1.39 bits per heavy atom. The zero-order valence-corrected chi connectivity index (χ0v) is 11.6. The van der Waals surface area contributed by atoms with Crippen LogP contribution < -0.4 is 5.56 Å². The zero-order valence-electron chi connectivity index (χ0n) is 9.45. The lowest BCUT2D eigenvalue weighted by molar-refractivity contribution is 0.572. The molecule has 0 saturated heterocycles. The largest absolute Gasteiger partial charge is 0.294 e. The second-order valence-corrected chi connectivity index (χ2v) is 4.89. The Morgan fingerprint density at radius 3 is 2.83 bits per heavy atom. The van der Waals surface area contributed by atoms with E-state index in [9.17, 15) is 13.6 Å². The van der Waals surface area contributed by atoms with Gasteiger partial charge in [0.2, 0.25) is 0 Å². The van der Waals surface area contributed by atoms with E-state index in [0.717, 1.165) is 18.2 Å². The van der Waals surface area contributed by atoms with E-state index in [-0.39, 0.29) is 17.7 Å². The van der Waals surface area contributed by atoms with Gasteiger partial charge in [0.25, 0.3) is 5.56 Å². The number of halogens is 3. The molecule has 1 aromatic heterocycles. The van der Waals surface area contributed by atoms with Gasteiger partial charge >= 0.3 is 0 Å². The first-order chi connectivity index (χ1) is 8.49. The molecule has 0 aliphatic carbocycles. The summed E-state index contributed by atoms with van der Waals surface area (Å²) in [5, 5.41) is 0. The zero-order chi connectivity index (χ0) is 13.3. The molecule has 1 aromatic carbocycles. The van der Waals surface area contributed by atoms with E-state index in [4.69, 9.17) is 0 Å². The van der Waals surface area contributed by atoms with Gasteiger partial charge in [-0.05, 0) is 47.7 Å². The van der Waals surface area contributed by atoms with Crippen molar-refractivity contribution in [2.75, 3.05) is 0 Å². The van der Waals surface area contributed by atoms with Crippen LogP contribution in [0.25, 0.3) is 0 Å². The number of hydrogen-bond acceptors (Lipinski definition) is 2. The van der Waals surface area contributed by atoms with Crippen molar-refractivity contribution in [2.45, 2.75) is 13.5 Å². The molecule has 0 N–H and O–H groups in total. The molecular formula is C12H9F2IN2O. The number of benzene rings is 1. The fraction of sp³-hybridized carbons (Fsp3) is 0.167. The Hall–Kier alpha value is -1.31. The minimum Gasteiger partial charge on any atom is -0.294 e. The second-order valence-electron chi connectivity index (χ2n) is 3.81. The molecule has 0 aliphatic heterocycles. The summed E-state index contributed by atoms with van der Waals surface area (Å²) in [6.07, 6.45) is 1.34. The maximum absolute atomic E-state index is 13.5. The fourth-order valence-electron chi connectivity index (χ4n) is 1.51. The van der Waals surface area contributed by atoms with Crippen molar-refractivity contribution in [2.24, 2.45) is 0 Å². The van der Waals surface area contributed by atoms with Crippen LogP contribution in [0, 0.1) is 22.1 Å². The smallest absolute Gasteiger partial charge is 0.267 e. The highest BCUT2D eigenvalue weighted by Gasteiger charge is 2.09. The van der Waals surface area contributed by atoms with Crippen molar-refractivity contribution in [1.29, 1.82) is 0 Å². The average Bonchev–Trinajstić information content (AvgIpc) is 2.34. The van der Waals surface area contributed by atoms with Gasteiger partial charge in [0, 0.05) is 5.56 Å². The monoisotopic (exact) mass is 362 g/mol. The molecule has 2 rings (SSSR count). The molecule has 0 saturated carbocycles. The number of rotatable bonds is 2. The second kappa shape index (κ2) is 5.13. The minimum atomic E-state index is -0.543. The van der Waals surface area contributed by atoms with E-state index in [2.05, 4.69) is 4.98 Å². The topological polar surface area (TPSA) is 34.9 Å². The first-order valence-electron chi connectivity index (χ1n) is 5.14. The lowest BCUT2D eigenvalue weighted by Crippen LogP contribution is -2.25. The molecule has 94 valence electrons. The first-order valence-corrected chi connectivity index (χ1v) is 6.22. The molecule has 0 aliphatic rings. The Morgan fingerprint density at radius 2 is 2.11 bits per heavy atom. The van der Waals surface area contributed by atoms with Gasteiger partial charge in [0.05, 0.1) is 22.1 Å². The third-order valence-corrected chi connectivity index (χ3v) is 3.75. The summed E-state index contributed by atoms with van der Waals surface area (Å²) < 4.78 is 28.2. The summed E-state index contributed by atoms with van der Waals surface area (Å²) in [5.41, 5.74) is 0.488. The van der Waals surface area contributed by atoms with Crippen LogP contribution in [0.5, 0.6) is 0 Å². The Bertz CT molecular complexity index is 655. The summed E-state index contributed by atoms with van der Waals surface area (Å²) in [6, 6.07) is 3.16. The molecule has 0 fully saturated rings. The van der Waals surface area contributed by atoms with Gasteiger partial charge in [-0.1, -0.05) is 0 Å². The van der Waals surface area contributed by atoms with Crippen LogP contribution in [0.3, 0.4) is 0 Å². The predicted molar refractivity (Wildman–Crippen MR) is 71.4 cm³/mol. The maximum atomic E-state index is 13.5. The van der Waals surface area contributed by atoms with Crippen LogP contribution in [0.1, 0.15) is 11.3 Å². The van der Waals surface area contributed by atoms with Gasteiger partial charge in [0.15, 0.2) is 0 Å². The van der Waals surface area contributed by atoms with Gasteiger partial charge < -0.3 is 0 Å². The van der Waals surface area contributed by atoms with Crippen molar-refractivity contribution in [1.82, 2.24) is 9.55 Å². The molecule has 18 heavy (non-hydrogen) atoms. The minimum absolute atomic E-state index is 0.0360. The molecular weight excluding hydrogens is 353 g/mol. The Labute approximate surface area is 116 Å². The van der Waals surface area contributed by atoms with Crippen LogP contribution in [0.15, 0.2) is 29.3 Å². The van der Waals surface area contributed by atoms with Crippen molar-refractivity contribution in [3.05, 3.63) is 61.3 Å². The summed E-state index contributed by atoms with van der Waals surface area (Å²) in [7, 11) is 0. The van der Waals surface area contributed by atoms with Crippen molar-refractivity contribution < 1.29 is 8.78 Å². The maximum Gasteiger partial charge on any atom is 0.267 e. The van der Waals surface area contributed by atoms with Crippen LogP contribution >= 0.6 is 22.6 Å². The quantitative estimate of drug-likeness (QED) is 0.770. The highest BCUT2D eigenvalue weighted by molar-refractivity contribution is 14.1. The van der Waals surface area contributed by atoms with E-state index < -0.39 is 11.6 Å². The van der Waals surface area contributed by atoms with E-state index in [1.54, 1.807) is 6.92 Å². The highest BCUT2D eigenvalue weighted by atomic mass is 127. The number of aromatic nitrogens is 2. The lowest BCUT2D eigenvalue weighted by atomic mass is 10.2. The van der Waals surface area contributed by atoms with Crippen LogP contribution in [-0.2, 0) is 6.54 Å². The van der Waals surface area contributed by atoms with Crippen LogP contribution in [0.2, 0.25) is 0 Å². The predicted octanol–water partition coefficient (Wildman–Crippen LogP) is 2.48. The fourth-order valence-corrected chi connectivity index (χ4v) is 1.96. The van der Waals surface area contributed by atoms with Gasteiger partial charge in [-0.2, -0.15) is 0 Å². The SMILES string of the molecule is Cc1ncn(Cc2cc(F)ccc2F)c(=O)c1I. The molecule has 2 aromatic rings. The third kappa shape index (κ3) is 2.58. The summed E-state index contributed by atoms with van der Waals surface area (Å²) in [5.74, 6) is -1.08. The van der Waals surface area contributed by atoms with E-state index >= 15 is 0 Å². The molecule has 0 atom stereocenters. The molecule has 0 spiro atoms. The third-order valence-electron chi connectivity index (χ3n) is 2.51. The van der Waals surface area contributed by atoms with E-state index in [1.165, 1.54) is 10.9 Å². The van der Waals surface area contributed by atoms with E-state index in [0.29, 0.717) is 9.26 Å². The Balaban J connectivity index is 2.44. The Kier molecular flexibility index (Phi) is 3.74. The highest BCUT2D eigenvalue weighted by Crippen LogP contribution is 2.11. The van der Waals surface area contributed by atoms with Gasteiger partial charge in [-0.25, -0.2) is 13.8 Å². The molecule has 0 unspecified atom stereocenters. The number of nitrogens with zero attached hydrogens (tertiary/aromatic N) is 2. The lowest BCUT2D eigenvalue weighted by Gasteiger charge is -2.08. The molecule has 0 radical (unpaired) electrons. The van der Waals surface area contributed by atoms with Crippen LogP contribution in [0.4, 0.5) is 8.78 Å². The summed E-state index contributed by atoms with van der Waals surface area (Å²) in [6.45, 7) is 1.68. The average molecular weight is 362 g/mol. The van der Waals surface area contributed by atoms with Crippen molar-refractivity contribution in [3.63, 3.8) is 0 Å². The first kappa shape index (κ1) is 13.1. The van der Waals surface area contributed by atoms with Crippen molar-refractivity contribution in [3.8, 4) is 0 Å². The number of hydrogen-bond donors (Lipinski definition) is 0. The molecule has 6 heteroatoms. The summed E-state index contributed by atoms with van der Waals surface area (Å²) in [4.78, 5) is 15.9. The normalized spacial score (nSPS) is 10.7.